The molecule has 1 aliphatic heterocycles. The van der Waals surface area contributed by atoms with Crippen molar-refractivity contribution in [3.8, 4) is 33.4 Å². The van der Waals surface area contributed by atoms with E-state index in [1.54, 1.807) is 0 Å². The van der Waals surface area contributed by atoms with Gasteiger partial charge in [-0.3, -0.25) is 4.99 Å². The van der Waals surface area contributed by atoms with Crippen molar-refractivity contribution in [3.05, 3.63) is 151 Å². The van der Waals surface area contributed by atoms with Gasteiger partial charge in [-0.25, -0.2) is 0 Å². The molecule has 8 rings (SSSR count). The van der Waals surface area contributed by atoms with E-state index in [0.29, 0.717) is 0 Å². The molecule has 0 bridgehead atoms. The highest BCUT2D eigenvalue weighted by Gasteiger charge is 2.17. The molecule has 1 nitrogen and oxygen atoms in total. The summed E-state index contributed by atoms with van der Waals surface area (Å²) in [6.07, 6.45) is 6.34. The summed E-state index contributed by atoms with van der Waals surface area (Å²) in [5, 5.41) is 7.65. The average molecular weight is 550 g/mol. The van der Waals surface area contributed by atoms with E-state index < -0.39 is 0 Å². The van der Waals surface area contributed by atoms with Crippen LogP contribution < -0.4 is 0 Å². The van der Waals surface area contributed by atoms with Gasteiger partial charge in [0.05, 0.1) is 5.70 Å². The third-order valence-electron chi connectivity index (χ3n) is 8.74. The molecule has 204 valence electrons. The number of fused-ring (bicyclic) bond motifs is 3. The van der Waals surface area contributed by atoms with Crippen molar-refractivity contribution in [2.45, 2.75) is 19.8 Å². The summed E-state index contributed by atoms with van der Waals surface area (Å²) in [4.78, 5) is 4.60. The zero-order valence-electron chi connectivity index (χ0n) is 24.2. The molecule has 0 aromatic heterocycles. The molecule has 0 spiro atoms. The van der Waals surface area contributed by atoms with Crippen molar-refractivity contribution >= 4 is 44.2 Å². The molecule has 7 aromatic rings. The molecule has 0 fully saturated rings. The molecule has 0 radical (unpaired) electrons. The van der Waals surface area contributed by atoms with Crippen LogP contribution in [0.15, 0.2) is 145 Å². The standard InChI is InChI=1S/C42H31N/c1-28-16-17-30-20-23-34(27-35(30)25-28)42-38-13-4-2-11-36(38)41(37-12-3-5-14-39(37)42)33-10-8-9-32(26-33)29-18-21-31(22-19-29)40-15-6-7-24-43-40/h2-5,8-27H,6-7H2,1H3. The Bertz CT molecular complexity index is 2170. The minimum Gasteiger partial charge on any atom is -0.261 e. The molecule has 0 saturated heterocycles. The second-order valence-corrected chi connectivity index (χ2v) is 11.5. The number of aryl methyl sites for hydroxylation is 1. The number of aliphatic imine (C=N–C) groups is 1. The van der Waals surface area contributed by atoms with Gasteiger partial charge in [-0.15, -0.1) is 0 Å². The lowest BCUT2D eigenvalue weighted by Crippen LogP contribution is -1.91. The number of benzene rings is 7. The number of nitrogens with zero attached hydrogens (tertiary/aromatic N) is 1. The molecule has 0 atom stereocenters. The van der Waals surface area contributed by atoms with Crippen molar-refractivity contribution in [1.29, 1.82) is 0 Å². The van der Waals surface area contributed by atoms with Gasteiger partial charge in [0, 0.05) is 6.21 Å². The van der Waals surface area contributed by atoms with Crippen LogP contribution in [0.25, 0.3) is 71.4 Å². The van der Waals surface area contributed by atoms with Gasteiger partial charge in [0.25, 0.3) is 0 Å². The molecular formula is C42H31N. The van der Waals surface area contributed by atoms with Crippen molar-refractivity contribution < 1.29 is 0 Å². The minimum atomic E-state index is 1.03. The van der Waals surface area contributed by atoms with Gasteiger partial charge in [-0.05, 0) is 103 Å². The first-order valence-corrected chi connectivity index (χ1v) is 15.1. The third kappa shape index (κ3) is 4.54. The molecule has 1 heterocycles. The van der Waals surface area contributed by atoms with Gasteiger partial charge in [0.1, 0.15) is 0 Å². The van der Waals surface area contributed by atoms with E-state index in [4.69, 9.17) is 0 Å². The maximum atomic E-state index is 4.60. The van der Waals surface area contributed by atoms with Gasteiger partial charge >= 0.3 is 0 Å². The predicted octanol–water partition coefficient (Wildman–Crippen LogP) is 11.7. The Hall–Kier alpha value is -5.27. The zero-order chi connectivity index (χ0) is 28.8. The van der Waals surface area contributed by atoms with E-state index in [2.05, 4.69) is 151 Å². The third-order valence-corrected chi connectivity index (χ3v) is 8.74. The molecule has 0 N–H and O–H groups in total. The first-order chi connectivity index (χ1) is 21.2. The van der Waals surface area contributed by atoms with Gasteiger partial charge in [-0.2, -0.15) is 0 Å². The predicted molar refractivity (Wildman–Crippen MR) is 186 cm³/mol. The first-order valence-electron chi connectivity index (χ1n) is 15.1. The van der Waals surface area contributed by atoms with Gasteiger partial charge in [0.15, 0.2) is 0 Å². The van der Waals surface area contributed by atoms with Crippen molar-refractivity contribution in [3.63, 3.8) is 0 Å². The molecule has 1 heteroatoms. The van der Waals surface area contributed by atoms with Crippen LogP contribution in [0.1, 0.15) is 24.0 Å². The lowest BCUT2D eigenvalue weighted by Gasteiger charge is -2.18. The summed E-state index contributed by atoms with van der Waals surface area (Å²) in [5.74, 6) is 0. The van der Waals surface area contributed by atoms with E-state index in [1.165, 1.54) is 76.8 Å². The van der Waals surface area contributed by atoms with Crippen LogP contribution in [0, 0.1) is 6.92 Å². The van der Waals surface area contributed by atoms with E-state index in [9.17, 15) is 0 Å². The molecule has 43 heavy (non-hydrogen) atoms. The highest BCUT2D eigenvalue weighted by atomic mass is 14.7. The quantitative estimate of drug-likeness (QED) is 0.194. The maximum Gasteiger partial charge on any atom is 0.0658 e. The van der Waals surface area contributed by atoms with Gasteiger partial charge in [-0.1, -0.05) is 133 Å². The van der Waals surface area contributed by atoms with Crippen LogP contribution in [-0.4, -0.2) is 6.21 Å². The lowest BCUT2D eigenvalue weighted by atomic mass is 9.85. The number of hydrogen-bond acceptors (Lipinski definition) is 1. The molecule has 0 aliphatic carbocycles. The molecule has 1 aliphatic rings. The zero-order valence-corrected chi connectivity index (χ0v) is 24.2. The molecule has 7 aromatic carbocycles. The van der Waals surface area contributed by atoms with Crippen LogP contribution in [0.5, 0.6) is 0 Å². The summed E-state index contributed by atoms with van der Waals surface area (Å²) in [5.41, 5.74) is 11.0. The number of rotatable bonds is 4. The van der Waals surface area contributed by atoms with Crippen molar-refractivity contribution in [2.24, 2.45) is 4.99 Å². The van der Waals surface area contributed by atoms with E-state index in [1.807, 2.05) is 6.21 Å². The second-order valence-electron chi connectivity index (χ2n) is 11.5. The Morgan fingerprint density at radius 3 is 1.67 bits per heavy atom. The van der Waals surface area contributed by atoms with Crippen LogP contribution in [0.4, 0.5) is 0 Å². The fourth-order valence-corrected chi connectivity index (χ4v) is 6.66. The summed E-state index contributed by atoms with van der Waals surface area (Å²) < 4.78 is 0. The van der Waals surface area contributed by atoms with Crippen molar-refractivity contribution in [2.75, 3.05) is 0 Å². The SMILES string of the molecule is Cc1ccc2ccc(-c3c4ccccc4c(-c4cccc(-c5ccc(C6=CCCC=N6)cc5)c4)c4ccccc34)cc2c1. The van der Waals surface area contributed by atoms with Gasteiger partial charge in [0.2, 0.25) is 0 Å². The van der Waals surface area contributed by atoms with Gasteiger partial charge < -0.3 is 0 Å². The Morgan fingerprint density at radius 1 is 0.442 bits per heavy atom. The van der Waals surface area contributed by atoms with Crippen LogP contribution in [0.2, 0.25) is 0 Å². The summed E-state index contributed by atoms with van der Waals surface area (Å²) in [6, 6.07) is 49.2. The summed E-state index contributed by atoms with van der Waals surface area (Å²) in [6.45, 7) is 2.16. The Balaban J connectivity index is 1.31. The fraction of sp³-hybridized carbons (Fsp3) is 0.0714. The van der Waals surface area contributed by atoms with Crippen LogP contribution >= 0.6 is 0 Å². The largest absolute Gasteiger partial charge is 0.261 e. The summed E-state index contributed by atoms with van der Waals surface area (Å²) >= 11 is 0. The van der Waals surface area contributed by atoms with E-state index in [0.717, 1.165) is 18.5 Å². The lowest BCUT2D eigenvalue weighted by molar-refractivity contribution is 1.09. The molecular weight excluding hydrogens is 518 g/mol. The molecule has 0 unspecified atom stereocenters. The molecule has 0 saturated carbocycles. The first kappa shape index (κ1) is 25.4. The monoisotopic (exact) mass is 549 g/mol. The minimum absolute atomic E-state index is 1.03. The summed E-state index contributed by atoms with van der Waals surface area (Å²) in [7, 11) is 0. The Kier molecular flexibility index (Phi) is 6.23. The highest BCUT2D eigenvalue weighted by Crippen LogP contribution is 2.44. The van der Waals surface area contributed by atoms with Crippen LogP contribution in [-0.2, 0) is 0 Å². The second kappa shape index (κ2) is 10.5. The smallest absolute Gasteiger partial charge is 0.0658 e. The normalized spacial score (nSPS) is 13.1. The number of hydrogen-bond donors (Lipinski definition) is 0. The molecule has 0 amide bonds. The Morgan fingerprint density at radius 2 is 1.02 bits per heavy atom. The Labute approximate surface area is 252 Å². The van der Waals surface area contributed by atoms with Crippen LogP contribution in [0.3, 0.4) is 0 Å². The van der Waals surface area contributed by atoms with Crippen molar-refractivity contribution in [1.82, 2.24) is 0 Å². The van der Waals surface area contributed by atoms with E-state index >= 15 is 0 Å². The fourth-order valence-electron chi connectivity index (χ4n) is 6.66. The maximum absolute atomic E-state index is 4.60. The topological polar surface area (TPSA) is 12.4 Å². The number of allylic oxidation sites excluding steroid dienone is 1. The average Bonchev–Trinajstić information content (AvgIpc) is 3.07. The highest BCUT2D eigenvalue weighted by molar-refractivity contribution is 6.21. The van der Waals surface area contributed by atoms with E-state index in [-0.39, 0.29) is 0 Å².